The van der Waals surface area contributed by atoms with Crippen LogP contribution in [0.2, 0.25) is 0 Å². The number of aliphatic hydroxyl groups excluding tert-OH is 1. The second-order valence-corrected chi connectivity index (χ2v) is 9.46. The van der Waals surface area contributed by atoms with Crippen LogP contribution in [0.15, 0.2) is 87.0 Å². The van der Waals surface area contributed by atoms with Crippen molar-refractivity contribution in [2.24, 2.45) is 0 Å². The molecular weight excluding hydrogens is 534 g/mol. The number of nitrogens with zero attached hydrogens (tertiary/aromatic N) is 2. The number of carbonyl (C=O) groups is 2. The monoisotopic (exact) mass is 552 g/mol. The van der Waals surface area contributed by atoms with Crippen molar-refractivity contribution >= 4 is 50.0 Å². The Hall–Kier alpha value is -3.98. The first-order valence-electron chi connectivity index (χ1n) is 10.9. The summed E-state index contributed by atoms with van der Waals surface area (Å²) in [4.78, 5) is 29.9. The Morgan fingerprint density at radius 3 is 2.39 bits per heavy atom. The first kappa shape index (κ1) is 23.7. The number of rotatable bonds is 5. The Bertz CT molecular complexity index is 1560. The summed E-state index contributed by atoms with van der Waals surface area (Å²) in [5.41, 5.74) is 1.58. The number of aliphatic hydroxyl groups is 1. The third-order valence-corrected chi connectivity index (χ3v) is 6.55. The Morgan fingerprint density at radius 1 is 1.00 bits per heavy atom. The van der Waals surface area contributed by atoms with Crippen molar-refractivity contribution < 1.29 is 27.9 Å². The number of hydrogen-bond donors (Lipinski definition) is 1. The number of Topliss-reactive ketones (excluding diaryl/α,β-unsaturated/α-hetero) is 1. The van der Waals surface area contributed by atoms with Crippen LogP contribution in [0.5, 0.6) is 0 Å². The van der Waals surface area contributed by atoms with E-state index in [4.69, 9.17) is 4.42 Å². The maximum Gasteiger partial charge on any atom is 0.294 e. The van der Waals surface area contributed by atoms with Crippen LogP contribution < -0.4 is 9.80 Å². The topological polar surface area (TPSA) is 74.0 Å². The lowest BCUT2D eigenvalue weighted by Crippen LogP contribution is -2.31. The van der Waals surface area contributed by atoms with Gasteiger partial charge in [0.05, 0.1) is 11.6 Å². The van der Waals surface area contributed by atoms with Gasteiger partial charge in [0, 0.05) is 41.4 Å². The van der Waals surface area contributed by atoms with Gasteiger partial charge in [0.25, 0.3) is 5.91 Å². The minimum Gasteiger partial charge on any atom is -0.503 e. The predicted octanol–water partition coefficient (Wildman–Crippen LogP) is 6.32. The molecule has 0 fully saturated rings. The summed E-state index contributed by atoms with van der Waals surface area (Å²) >= 11 is 3.38. The smallest absolute Gasteiger partial charge is 0.294 e. The Balaban J connectivity index is 1.66. The molecular formula is C27H19BrF2N2O4. The molecule has 2 heterocycles. The zero-order valence-corrected chi connectivity index (χ0v) is 20.7. The molecule has 0 aliphatic carbocycles. The Labute approximate surface area is 213 Å². The van der Waals surface area contributed by atoms with Gasteiger partial charge >= 0.3 is 0 Å². The molecule has 4 aromatic rings. The average Bonchev–Trinajstić information content (AvgIpc) is 3.39. The van der Waals surface area contributed by atoms with Crippen LogP contribution in [0.1, 0.15) is 22.2 Å². The summed E-state index contributed by atoms with van der Waals surface area (Å²) in [5.74, 6) is -4.71. The molecule has 0 radical (unpaired) electrons. The molecule has 1 atom stereocenters. The summed E-state index contributed by atoms with van der Waals surface area (Å²) in [5, 5.41) is 11.5. The van der Waals surface area contributed by atoms with Crippen LogP contribution in [0.25, 0.3) is 11.0 Å². The number of halogens is 3. The minimum atomic E-state index is -1.16. The molecule has 1 amide bonds. The van der Waals surface area contributed by atoms with E-state index in [1.54, 1.807) is 42.5 Å². The summed E-state index contributed by atoms with van der Waals surface area (Å²) in [6, 6.07) is 15.6. The Kier molecular flexibility index (Phi) is 5.88. The molecule has 5 rings (SSSR count). The lowest BCUT2D eigenvalue weighted by Gasteiger charge is -2.27. The number of hydrogen-bond acceptors (Lipinski definition) is 5. The molecule has 0 bridgehead atoms. The van der Waals surface area contributed by atoms with Gasteiger partial charge in [0.2, 0.25) is 5.78 Å². The molecule has 1 aromatic heterocycles. The standard InChI is InChI=1S/C27H19BrF2N2O4/c1-31(2)17-6-3-14(4-7-17)24-23(25(33)22-12-15-11-16(28)5-10-21(15)36-22)26(34)27(35)32(24)18-8-9-19(29)20(30)13-18/h3-13,24,34H,1-2H3. The number of furan rings is 1. The van der Waals surface area contributed by atoms with Crippen molar-refractivity contribution in [1.82, 2.24) is 0 Å². The van der Waals surface area contributed by atoms with Crippen LogP contribution >= 0.6 is 15.9 Å². The second kappa shape index (κ2) is 8.91. The van der Waals surface area contributed by atoms with Gasteiger partial charge in [-0.2, -0.15) is 0 Å². The molecule has 1 aliphatic heterocycles. The average molecular weight is 553 g/mol. The zero-order chi connectivity index (χ0) is 25.7. The van der Waals surface area contributed by atoms with Crippen LogP contribution in [0.3, 0.4) is 0 Å². The van der Waals surface area contributed by atoms with Crippen molar-refractivity contribution in [3.8, 4) is 0 Å². The highest BCUT2D eigenvalue weighted by Gasteiger charge is 2.45. The highest BCUT2D eigenvalue weighted by atomic mass is 79.9. The van der Waals surface area contributed by atoms with E-state index in [9.17, 15) is 23.5 Å². The predicted molar refractivity (Wildman–Crippen MR) is 135 cm³/mol. The number of benzene rings is 3. The van der Waals surface area contributed by atoms with Crippen LogP contribution in [-0.2, 0) is 4.79 Å². The molecule has 6 nitrogen and oxygen atoms in total. The zero-order valence-electron chi connectivity index (χ0n) is 19.1. The first-order chi connectivity index (χ1) is 17.2. The highest BCUT2D eigenvalue weighted by molar-refractivity contribution is 9.10. The summed E-state index contributed by atoms with van der Waals surface area (Å²) in [7, 11) is 3.73. The quantitative estimate of drug-likeness (QED) is 0.293. The summed E-state index contributed by atoms with van der Waals surface area (Å²) < 4.78 is 34.3. The largest absolute Gasteiger partial charge is 0.503 e. The van der Waals surface area contributed by atoms with E-state index in [0.717, 1.165) is 27.2 Å². The van der Waals surface area contributed by atoms with Gasteiger partial charge in [0.1, 0.15) is 5.58 Å². The lowest BCUT2D eigenvalue weighted by atomic mass is 9.94. The maximum absolute atomic E-state index is 14.1. The lowest BCUT2D eigenvalue weighted by molar-refractivity contribution is -0.117. The van der Waals surface area contributed by atoms with E-state index in [2.05, 4.69) is 15.9 Å². The fraction of sp³-hybridized carbons (Fsp3) is 0.111. The van der Waals surface area contributed by atoms with E-state index in [0.29, 0.717) is 16.5 Å². The van der Waals surface area contributed by atoms with Gasteiger partial charge in [-0.1, -0.05) is 28.1 Å². The van der Waals surface area contributed by atoms with Crippen molar-refractivity contribution in [2.45, 2.75) is 6.04 Å². The number of amides is 1. The SMILES string of the molecule is CN(C)c1ccc(C2C(C(=O)c3cc4cc(Br)ccc4o3)=C(O)C(=O)N2c2ccc(F)c(F)c2)cc1. The molecule has 9 heteroatoms. The molecule has 182 valence electrons. The van der Waals surface area contributed by atoms with Crippen molar-refractivity contribution in [2.75, 3.05) is 23.9 Å². The fourth-order valence-electron chi connectivity index (χ4n) is 4.27. The van der Waals surface area contributed by atoms with Gasteiger partial charge in [-0.05, 0) is 54.1 Å². The number of anilines is 2. The molecule has 0 saturated carbocycles. The van der Waals surface area contributed by atoms with Crippen LogP contribution in [0, 0.1) is 11.6 Å². The molecule has 3 aromatic carbocycles. The third kappa shape index (κ3) is 3.95. The van der Waals surface area contributed by atoms with E-state index in [1.165, 1.54) is 12.1 Å². The van der Waals surface area contributed by atoms with Crippen molar-refractivity contribution in [1.29, 1.82) is 0 Å². The van der Waals surface area contributed by atoms with Crippen molar-refractivity contribution in [3.63, 3.8) is 0 Å². The molecule has 1 unspecified atom stereocenters. The Morgan fingerprint density at radius 2 is 1.72 bits per heavy atom. The van der Waals surface area contributed by atoms with Crippen LogP contribution in [0.4, 0.5) is 20.2 Å². The van der Waals surface area contributed by atoms with E-state index in [-0.39, 0.29) is 17.0 Å². The number of carbonyl (C=O) groups excluding carboxylic acids is 2. The van der Waals surface area contributed by atoms with Gasteiger partial charge < -0.3 is 14.4 Å². The second-order valence-electron chi connectivity index (χ2n) is 8.55. The van der Waals surface area contributed by atoms with Gasteiger partial charge in [-0.3, -0.25) is 14.5 Å². The van der Waals surface area contributed by atoms with E-state index < -0.39 is 35.1 Å². The summed E-state index contributed by atoms with van der Waals surface area (Å²) in [6.07, 6.45) is 0. The molecule has 1 aliphatic rings. The van der Waals surface area contributed by atoms with Gasteiger partial charge in [-0.15, -0.1) is 0 Å². The maximum atomic E-state index is 14.1. The number of fused-ring (bicyclic) bond motifs is 1. The molecule has 36 heavy (non-hydrogen) atoms. The molecule has 1 N–H and O–H groups in total. The fourth-order valence-corrected chi connectivity index (χ4v) is 4.65. The first-order valence-corrected chi connectivity index (χ1v) is 11.7. The van der Waals surface area contributed by atoms with E-state index >= 15 is 0 Å². The van der Waals surface area contributed by atoms with Gasteiger partial charge in [0.15, 0.2) is 23.2 Å². The van der Waals surface area contributed by atoms with Crippen molar-refractivity contribution in [3.05, 3.63) is 105 Å². The minimum absolute atomic E-state index is 0.0107. The number of ketones is 1. The van der Waals surface area contributed by atoms with E-state index in [1.807, 2.05) is 19.0 Å². The molecule has 0 saturated heterocycles. The van der Waals surface area contributed by atoms with Gasteiger partial charge in [-0.25, -0.2) is 8.78 Å². The summed E-state index contributed by atoms with van der Waals surface area (Å²) in [6.45, 7) is 0. The third-order valence-electron chi connectivity index (χ3n) is 6.06. The normalized spacial score (nSPS) is 15.8. The molecule has 0 spiro atoms. The highest BCUT2D eigenvalue weighted by Crippen LogP contribution is 2.43. The van der Waals surface area contributed by atoms with Crippen LogP contribution in [-0.4, -0.2) is 30.9 Å².